The zero-order valence-electron chi connectivity index (χ0n) is 10.9. The average molecular weight is 313 g/mol. The average Bonchev–Trinajstić information content (AvgIpc) is 2.39. The van der Waals surface area contributed by atoms with Gasteiger partial charge in [-0.15, -0.1) is 0 Å². The Hall–Kier alpha value is -0.490. The Balaban J connectivity index is 1.60. The Kier molecular flexibility index (Phi) is 5.56. The summed E-state index contributed by atoms with van der Waals surface area (Å²) in [6.45, 7) is 7.76. The maximum absolute atomic E-state index is 4.34. The monoisotopic (exact) mass is 312 g/mol. The SMILES string of the molecule is CN1CCN(CCNCc2ccc(Br)cn2)CC1. The van der Waals surface area contributed by atoms with E-state index in [1.807, 2.05) is 18.3 Å². The minimum Gasteiger partial charge on any atom is -0.310 e. The van der Waals surface area contributed by atoms with Crippen molar-refractivity contribution in [3.8, 4) is 0 Å². The fourth-order valence-electron chi connectivity index (χ4n) is 2.04. The molecular formula is C13H21BrN4. The summed E-state index contributed by atoms with van der Waals surface area (Å²) in [7, 11) is 2.19. The van der Waals surface area contributed by atoms with Crippen LogP contribution in [-0.2, 0) is 6.54 Å². The molecule has 0 unspecified atom stereocenters. The molecule has 1 aliphatic heterocycles. The van der Waals surface area contributed by atoms with E-state index in [1.54, 1.807) is 0 Å². The van der Waals surface area contributed by atoms with Gasteiger partial charge in [-0.2, -0.15) is 0 Å². The molecule has 1 aromatic rings. The van der Waals surface area contributed by atoms with E-state index in [4.69, 9.17) is 0 Å². The Morgan fingerprint density at radius 1 is 1.28 bits per heavy atom. The van der Waals surface area contributed by atoms with Crippen LogP contribution in [0.2, 0.25) is 0 Å². The van der Waals surface area contributed by atoms with E-state index in [1.165, 1.54) is 26.2 Å². The number of likely N-dealkylation sites (N-methyl/N-ethyl adjacent to an activating group) is 1. The lowest BCUT2D eigenvalue weighted by Gasteiger charge is -2.32. The molecule has 1 N–H and O–H groups in total. The number of pyridine rings is 1. The van der Waals surface area contributed by atoms with Crippen LogP contribution in [0.25, 0.3) is 0 Å². The highest BCUT2D eigenvalue weighted by atomic mass is 79.9. The van der Waals surface area contributed by atoms with Crippen molar-refractivity contribution >= 4 is 15.9 Å². The van der Waals surface area contributed by atoms with Gasteiger partial charge in [-0.05, 0) is 35.1 Å². The van der Waals surface area contributed by atoms with Gasteiger partial charge >= 0.3 is 0 Å². The van der Waals surface area contributed by atoms with Gasteiger partial charge in [0.05, 0.1) is 5.69 Å². The molecule has 0 amide bonds. The Bertz CT molecular complexity index is 347. The molecular weight excluding hydrogens is 292 g/mol. The van der Waals surface area contributed by atoms with Crippen molar-refractivity contribution in [2.24, 2.45) is 0 Å². The fraction of sp³-hybridized carbons (Fsp3) is 0.615. The second-order valence-corrected chi connectivity index (χ2v) is 5.71. The molecule has 0 saturated carbocycles. The lowest BCUT2D eigenvalue weighted by atomic mass is 10.3. The van der Waals surface area contributed by atoms with E-state index in [2.05, 4.69) is 43.1 Å². The number of halogens is 1. The van der Waals surface area contributed by atoms with Gasteiger partial charge in [0.15, 0.2) is 0 Å². The highest BCUT2D eigenvalue weighted by molar-refractivity contribution is 9.10. The van der Waals surface area contributed by atoms with Gasteiger partial charge in [0.1, 0.15) is 0 Å². The molecule has 2 rings (SSSR count). The first-order valence-electron chi connectivity index (χ1n) is 6.46. The number of nitrogens with one attached hydrogen (secondary N) is 1. The Morgan fingerprint density at radius 2 is 2.06 bits per heavy atom. The van der Waals surface area contributed by atoms with Crippen molar-refractivity contribution in [2.75, 3.05) is 46.3 Å². The number of hydrogen-bond acceptors (Lipinski definition) is 4. The van der Waals surface area contributed by atoms with Crippen molar-refractivity contribution in [2.45, 2.75) is 6.54 Å². The number of hydrogen-bond donors (Lipinski definition) is 1. The molecule has 1 aromatic heterocycles. The number of rotatable bonds is 5. The molecule has 0 bridgehead atoms. The summed E-state index contributed by atoms with van der Waals surface area (Å²) in [5.41, 5.74) is 1.09. The summed E-state index contributed by atoms with van der Waals surface area (Å²) < 4.78 is 1.03. The van der Waals surface area contributed by atoms with Crippen LogP contribution in [0.1, 0.15) is 5.69 Å². The molecule has 0 aliphatic carbocycles. The quantitative estimate of drug-likeness (QED) is 0.827. The van der Waals surface area contributed by atoms with Crippen molar-refractivity contribution in [3.05, 3.63) is 28.5 Å². The Morgan fingerprint density at radius 3 is 2.72 bits per heavy atom. The third-order valence-corrected chi connectivity index (χ3v) is 3.76. The third-order valence-electron chi connectivity index (χ3n) is 3.30. The number of aromatic nitrogens is 1. The van der Waals surface area contributed by atoms with Crippen LogP contribution in [0.15, 0.2) is 22.8 Å². The van der Waals surface area contributed by atoms with Gasteiger partial charge in [-0.25, -0.2) is 0 Å². The second kappa shape index (κ2) is 7.19. The van der Waals surface area contributed by atoms with E-state index in [9.17, 15) is 0 Å². The molecule has 1 fully saturated rings. The summed E-state index contributed by atoms with van der Waals surface area (Å²) in [4.78, 5) is 9.24. The van der Waals surface area contributed by atoms with Gasteiger partial charge in [0.25, 0.3) is 0 Å². The number of piperazine rings is 1. The van der Waals surface area contributed by atoms with Crippen LogP contribution in [0, 0.1) is 0 Å². The predicted octanol–water partition coefficient (Wildman–Crippen LogP) is 1.18. The van der Waals surface area contributed by atoms with Crippen molar-refractivity contribution in [3.63, 3.8) is 0 Å². The molecule has 0 atom stereocenters. The molecule has 1 saturated heterocycles. The maximum atomic E-state index is 4.34. The van der Waals surface area contributed by atoms with Crippen LogP contribution in [0.3, 0.4) is 0 Å². The standard InChI is InChI=1S/C13H21BrN4/c1-17-6-8-18(9-7-17)5-4-15-11-13-3-2-12(14)10-16-13/h2-3,10,15H,4-9,11H2,1H3. The van der Waals surface area contributed by atoms with Crippen molar-refractivity contribution < 1.29 is 0 Å². The highest BCUT2D eigenvalue weighted by Crippen LogP contribution is 2.07. The van der Waals surface area contributed by atoms with Gasteiger partial charge < -0.3 is 10.2 Å². The lowest BCUT2D eigenvalue weighted by Crippen LogP contribution is -2.46. The lowest BCUT2D eigenvalue weighted by molar-refractivity contribution is 0.154. The molecule has 18 heavy (non-hydrogen) atoms. The van der Waals surface area contributed by atoms with Crippen LogP contribution >= 0.6 is 15.9 Å². The van der Waals surface area contributed by atoms with Gasteiger partial charge in [0.2, 0.25) is 0 Å². The summed E-state index contributed by atoms with van der Waals surface area (Å²) in [6.07, 6.45) is 1.84. The maximum Gasteiger partial charge on any atom is 0.0542 e. The molecule has 5 heteroatoms. The zero-order chi connectivity index (χ0) is 12.8. The third kappa shape index (κ3) is 4.65. The molecule has 100 valence electrons. The van der Waals surface area contributed by atoms with E-state index in [0.29, 0.717) is 0 Å². The van der Waals surface area contributed by atoms with Crippen LogP contribution < -0.4 is 5.32 Å². The fourth-order valence-corrected chi connectivity index (χ4v) is 2.27. The molecule has 0 spiro atoms. The van der Waals surface area contributed by atoms with Crippen molar-refractivity contribution in [1.29, 1.82) is 0 Å². The first kappa shape index (κ1) is 13.9. The topological polar surface area (TPSA) is 31.4 Å². The number of nitrogens with zero attached hydrogens (tertiary/aromatic N) is 3. The normalized spacial score (nSPS) is 18.1. The molecule has 0 radical (unpaired) electrons. The van der Waals surface area contributed by atoms with E-state index in [0.717, 1.165) is 29.8 Å². The van der Waals surface area contributed by atoms with E-state index in [-0.39, 0.29) is 0 Å². The van der Waals surface area contributed by atoms with Crippen LogP contribution in [0.5, 0.6) is 0 Å². The first-order chi connectivity index (χ1) is 8.74. The van der Waals surface area contributed by atoms with Gasteiger partial charge in [-0.1, -0.05) is 0 Å². The Labute approximate surface area is 118 Å². The molecule has 0 aromatic carbocycles. The second-order valence-electron chi connectivity index (χ2n) is 4.79. The minimum absolute atomic E-state index is 0.848. The summed E-state index contributed by atoms with van der Waals surface area (Å²) >= 11 is 3.39. The van der Waals surface area contributed by atoms with E-state index < -0.39 is 0 Å². The molecule has 2 heterocycles. The predicted molar refractivity (Wildman–Crippen MR) is 77.6 cm³/mol. The molecule has 4 nitrogen and oxygen atoms in total. The summed E-state index contributed by atoms with van der Waals surface area (Å²) in [6, 6.07) is 4.08. The largest absolute Gasteiger partial charge is 0.310 e. The van der Waals surface area contributed by atoms with Gasteiger partial charge in [-0.3, -0.25) is 9.88 Å². The summed E-state index contributed by atoms with van der Waals surface area (Å²) in [5.74, 6) is 0. The van der Waals surface area contributed by atoms with Gasteiger partial charge in [0, 0.05) is 56.5 Å². The highest BCUT2D eigenvalue weighted by Gasteiger charge is 2.12. The van der Waals surface area contributed by atoms with E-state index >= 15 is 0 Å². The van der Waals surface area contributed by atoms with Crippen molar-refractivity contribution in [1.82, 2.24) is 20.1 Å². The zero-order valence-corrected chi connectivity index (χ0v) is 12.5. The molecule has 1 aliphatic rings. The smallest absolute Gasteiger partial charge is 0.0542 e. The van der Waals surface area contributed by atoms with Crippen LogP contribution in [0.4, 0.5) is 0 Å². The minimum atomic E-state index is 0.848. The summed E-state index contributed by atoms with van der Waals surface area (Å²) in [5, 5.41) is 3.45. The first-order valence-corrected chi connectivity index (χ1v) is 7.25. The van der Waals surface area contributed by atoms with Crippen LogP contribution in [-0.4, -0.2) is 61.1 Å².